The van der Waals surface area contributed by atoms with Crippen molar-refractivity contribution in [2.45, 2.75) is 32.9 Å². The van der Waals surface area contributed by atoms with Gasteiger partial charge in [-0.25, -0.2) is 4.79 Å². The molecular formula is C19H24N2O. The zero-order valence-electron chi connectivity index (χ0n) is 13.2. The maximum absolute atomic E-state index is 12.4. The van der Waals surface area contributed by atoms with E-state index in [0.29, 0.717) is 13.1 Å². The van der Waals surface area contributed by atoms with Crippen molar-refractivity contribution >= 4 is 6.03 Å². The lowest BCUT2D eigenvalue weighted by molar-refractivity contribution is 0.193. The average Bonchev–Trinajstić information content (AvgIpc) is 2.58. The maximum atomic E-state index is 12.4. The van der Waals surface area contributed by atoms with E-state index in [0.717, 1.165) is 30.5 Å². The molecule has 2 amide bonds. The second kappa shape index (κ2) is 8.88. The summed E-state index contributed by atoms with van der Waals surface area (Å²) >= 11 is 0. The van der Waals surface area contributed by atoms with Crippen molar-refractivity contribution in [1.82, 2.24) is 10.2 Å². The summed E-state index contributed by atoms with van der Waals surface area (Å²) in [5, 5.41) is 3.02. The standard InChI is InChI=1S/C19H24N2O/c1-2-3-14-21(16-18-12-8-5-9-13-18)19(22)20-15-17-10-6-4-7-11-17/h4-13H,2-3,14-16H2,1H3,(H,20,22). The number of rotatable bonds is 7. The number of hydrogen-bond donors (Lipinski definition) is 1. The van der Waals surface area contributed by atoms with Gasteiger partial charge in [-0.15, -0.1) is 0 Å². The Morgan fingerprint density at radius 3 is 2.14 bits per heavy atom. The van der Waals surface area contributed by atoms with Crippen LogP contribution in [-0.4, -0.2) is 17.5 Å². The molecule has 0 radical (unpaired) electrons. The van der Waals surface area contributed by atoms with E-state index < -0.39 is 0 Å². The van der Waals surface area contributed by atoms with E-state index in [9.17, 15) is 4.79 Å². The molecule has 3 nitrogen and oxygen atoms in total. The van der Waals surface area contributed by atoms with Crippen LogP contribution in [0.5, 0.6) is 0 Å². The third kappa shape index (κ3) is 5.24. The van der Waals surface area contributed by atoms with Crippen molar-refractivity contribution in [3.63, 3.8) is 0 Å². The van der Waals surface area contributed by atoms with Crippen LogP contribution in [0.3, 0.4) is 0 Å². The van der Waals surface area contributed by atoms with Crippen molar-refractivity contribution in [2.24, 2.45) is 0 Å². The molecule has 1 N–H and O–H groups in total. The summed E-state index contributed by atoms with van der Waals surface area (Å²) < 4.78 is 0. The first-order chi connectivity index (χ1) is 10.8. The predicted octanol–water partition coefficient (Wildman–Crippen LogP) is 4.20. The first kappa shape index (κ1) is 16.1. The number of unbranched alkanes of at least 4 members (excludes halogenated alkanes) is 1. The fraction of sp³-hybridized carbons (Fsp3) is 0.316. The second-order valence-electron chi connectivity index (χ2n) is 5.41. The van der Waals surface area contributed by atoms with Gasteiger partial charge < -0.3 is 10.2 Å². The van der Waals surface area contributed by atoms with Crippen molar-refractivity contribution in [3.8, 4) is 0 Å². The molecule has 2 aromatic rings. The quantitative estimate of drug-likeness (QED) is 0.816. The van der Waals surface area contributed by atoms with E-state index in [1.807, 2.05) is 53.4 Å². The fourth-order valence-electron chi connectivity index (χ4n) is 2.29. The van der Waals surface area contributed by atoms with Gasteiger partial charge in [0.1, 0.15) is 0 Å². The van der Waals surface area contributed by atoms with Gasteiger partial charge in [0.2, 0.25) is 0 Å². The van der Waals surface area contributed by atoms with E-state index in [2.05, 4.69) is 24.4 Å². The van der Waals surface area contributed by atoms with Crippen LogP contribution < -0.4 is 5.32 Å². The van der Waals surface area contributed by atoms with Crippen molar-refractivity contribution < 1.29 is 4.79 Å². The largest absolute Gasteiger partial charge is 0.334 e. The maximum Gasteiger partial charge on any atom is 0.317 e. The zero-order valence-corrected chi connectivity index (χ0v) is 13.2. The lowest BCUT2D eigenvalue weighted by Gasteiger charge is -2.23. The topological polar surface area (TPSA) is 32.3 Å². The van der Waals surface area contributed by atoms with Crippen LogP contribution in [0.1, 0.15) is 30.9 Å². The van der Waals surface area contributed by atoms with Crippen LogP contribution in [0.25, 0.3) is 0 Å². The van der Waals surface area contributed by atoms with Crippen LogP contribution in [0.15, 0.2) is 60.7 Å². The Bertz CT molecular complexity index is 554. The zero-order chi connectivity index (χ0) is 15.6. The van der Waals surface area contributed by atoms with E-state index in [-0.39, 0.29) is 6.03 Å². The number of hydrogen-bond acceptors (Lipinski definition) is 1. The minimum absolute atomic E-state index is 0.00107. The van der Waals surface area contributed by atoms with E-state index in [4.69, 9.17) is 0 Å². The normalized spacial score (nSPS) is 10.2. The van der Waals surface area contributed by atoms with Crippen LogP contribution in [0.2, 0.25) is 0 Å². The molecule has 22 heavy (non-hydrogen) atoms. The van der Waals surface area contributed by atoms with E-state index in [1.54, 1.807) is 0 Å². The molecule has 0 saturated carbocycles. The van der Waals surface area contributed by atoms with Gasteiger partial charge in [0.05, 0.1) is 0 Å². The Hall–Kier alpha value is -2.29. The number of nitrogens with zero attached hydrogens (tertiary/aromatic N) is 1. The first-order valence-electron chi connectivity index (χ1n) is 7.90. The third-order valence-electron chi connectivity index (χ3n) is 3.57. The van der Waals surface area contributed by atoms with Crippen LogP contribution in [0, 0.1) is 0 Å². The number of benzene rings is 2. The molecule has 0 bridgehead atoms. The highest BCUT2D eigenvalue weighted by Crippen LogP contribution is 2.07. The van der Waals surface area contributed by atoms with E-state index >= 15 is 0 Å². The SMILES string of the molecule is CCCCN(Cc1ccccc1)C(=O)NCc1ccccc1. The minimum atomic E-state index is 0.00107. The van der Waals surface area contributed by atoms with Crippen molar-refractivity contribution in [1.29, 1.82) is 0 Å². The molecule has 0 heterocycles. The Balaban J connectivity index is 1.93. The molecule has 0 atom stereocenters. The van der Waals surface area contributed by atoms with Gasteiger partial charge in [0.25, 0.3) is 0 Å². The average molecular weight is 296 g/mol. The molecule has 3 heteroatoms. The second-order valence-corrected chi connectivity index (χ2v) is 5.41. The molecule has 2 rings (SSSR count). The number of carbonyl (C=O) groups is 1. The molecule has 0 aliphatic rings. The van der Waals surface area contributed by atoms with Gasteiger partial charge in [-0.1, -0.05) is 74.0 Å². The summed E-state index contributed by atoms with van der Waals surface area (Å²) in [5.41, 5.74) is 2.28. The minimum Gasteiger partial charge on any atom is -0.334 e. The monoisotopic (exact) mass is 296 g/mol. The lowest BCUT2D eigenvalue weighted by Crippen LogP contribution is -2.39. The van der Waals surface area contributed by atoms with Gasteiger partial charge in [0, 0.05) is 19.6 Å². The van der Waals surface area contributed by atoms with Gasteiger partial charge >= 0.3 is 6.03 Å². The summed E-state index contributed by atoms with van der Waals surface area (Å²) in [6.07, 6.45) is 2.10. The number of amides is 2. The van der Waals surface area contributed by atoms with Gasteiger partial charge in [-0.05, 0) is 17.5 Å². The summed E-state index contributed by atoms with van der Waals surface area (Å²) in [4.78, 5) is 14.3. The lowest BCUT2D eigenvalue weighted by atomic mass is 10.2. The highest BCUT2D eigenvalue weighted by molar-refractivity contribution is 5.74. The first-order valence-corrected chi connectivity index (χ1v) is 7.90. The molecule has 0 aliphatic carbocycles. The molecule has 0 fully saturated rings. The van der Waals surface area contributed by atoms with Gasteiger partial charge in [-0.2, -0.15) is 0 Å². The Morgan fingerprint density at radius 1 is 0.955 bits per heavy atom. The summed E-state index contributed by atoms with van der Waals surface area (Å²) in [5.74, 6) is 0. The molecule has 2 aromatic carbocycles. The van der Waals surface area contributed by atoms with Crippen LogP contribution in [-0.2, 0) is 13.1 Å². The molecule has 0 spiro atoms. The summed E-state index contributed by atoms with van der Waals surface area (Å²) in [6.45, 7) is 4.15. The van der Waals surface area contributed by atoms with Gasteiger partial charge in [0.15, 0.2) is 0 Å². The van der Waals surface area contributed by atoms with Crippen molar-refractivity contribution in [2.75, 3.05) is 6.54 Å². The number of urea groups is 1. The molecular weight excluding hydrogens is 272 g/mol. The highest BCUT2D eigenvalue weighted by atomic mass is 16.2. The Morgan fingerprint density at radius 2 is 1.55 bits per heavy atom. The van der Waals surface area contributed by atoms with Crippen molar-refractivity contribution in [3.05, 3.63) is 71.8 Å². The highest BCUT2D eigenvalue weighted by Gasteiger charge is 2.12. The van der Waals surface area contributed by atoms with E-state index in [1.165, 1.54) is 0 Å². The van der Waals surface area contributed by atoms with Crippen LogP contribution >= 0.6 is 0 Å². The third-order valence-corrected chi connectivity index (χ3v) is 3.57. The molecule has 0 saturated heterocycles. The number of carbonyl (C=O) groups excluding carboxylic acids is 1. The predicted molar refractivity (Wildman–Crippen MR) is 90.4 cm³/mol. The number of nitrogens with one attached hydrogen (secondary N) is 1. The Kier molecular flexibility index (Phi) is 6.49. The molecule has 0 aliphatic heterocycles. The Labute approximate surface area is 133 Å². The molecule has 0 unspecified atom stereocenters. The summed E-state index contributed by atoms with van der Waals surface area (Å²) in [7, 11) is 0. The molecule has 0 aromatic heterocycles. The summed E-state index contributed by atoms with van der Waals surface area (Å²) in [6, 6.07) is 20.1. The fourth-order valence-corrected chi connectivity index (χ4v) is 2.29. The van der Waals surface area contributed by atoms with Crippen LogP contribution in [0.4, 0.5) is 4.79 Å². The molecule has 116 valence electrons. The van der Waals surface area contributed by atoms with Gasteiger partial charge in [-0.3, -0.25) is 0 Å². The smallest absolute Gasteiger partial charge is 0.317 e.